The van der Waals surface area contributed by atoms with Crippen LogP contribution in [-0.2, 0) is 4.79 Å². The molecule has 30 heavy (non-hydrogen) atoms. The highest BCUT2D eigenvalue weighted by Gasteiger charge is 2.31. The number of halogens is 1. The van der Waals surface area contributed by atoms with Gasteiger partial charge in [0.25, 0.3) is 0 Å². The lowest BCUT2D eigenvalue weighted by molar-refractivity contribution is -0.116. The first-order valence-corrected chi connectivity index (χ1v) is 10.4. The number of fused-ring (bicyclic) bond motifs is 1. The van der Waals surface area contributed by atoms with Crippen molar-refractivity contribution in [3.63, 3.8) is 0 Å². The monoisotopic (exact) mass is 425 g/mol. The van der Waals surface area contributed by atoms with Crippen LogP contribution in [0.25, 0.3) is 5.69 Å². The fraction of sp³-hybridized carbons (Fsp3) is 0.304. The van der Waals surface area contributed by atoms with Gasteiger partial charge in [-0.25, -0.2) is 4.68 Å². The Balaban J connectivity index is 1.68. The minimum absolute atomic E-state index is 0.0505. The summed E-state index contributed by atoms with van der Waals surface area (Å²) in [5, 5.41) is 8.14. The Morgan fingerprint density at radius 3 is 2.73 bits per heavy atom. The maximum absolute atomic E-state index is 12.5. The van der Waals surface area contributed by atoms with E-state index in [0.717, 1.165) is 29.7 Å². The first-order valence-electron chi connectivity index (χ1n) is 10.0. The highest BCUT2D eigenvalue weighted by Crippen LogP contribution is 2.40. The van der Waals surface area contributed by atoms with E-state index >= 15 is 0 Å². The van der Waals surface area contributed by atoms with Crippen LogP contribution >= 0.6 is 11.6 Å². The number of benzene rings is 2. The van der Waals surface area contributed by atoms with Gasteiger partial charge in [0.05, 0.1) is 25.6 Å². The fourth-order valence-electron chi connectivity index (χ4n) is 3.64. The molecule has 0 spiro atoms. The number of methoxy groups -OCH3 is 1. The van der Waals surface area contributed by atoms with E-state index < -0.39 is 0 Å². The molecule has 156 valence electrons. The Morgan fingerprint density at radius 2 is 2.00 bits per heavy atom. The van der Waals surface area contributed by atoms with Crippen molar-refractivity contribution < 1.29 is 14.3 Å². The predicted octanol–water partition coefficient (Wildman–Crippen LogP) is 5.19. The van der Waals surface area contributed by atoms with Crippen LogP contribution in [0, 0.1) is 0 Å². The molecule has 2 aromatic carbocycles. The molecule has 3 aromatic rings. The minimum atomic E-state index is -0.117. The number of hydrogen-bond acceptors (Lipinski definition) is 4. The van der Waals surface area contributed by atoms with Gasteiger partial charge in [-0.1, -0.05) is 31.0 Å². The smallest absolute Gasteiger partial charge is 0.226 e. The number of ether oxygens (including phenoxy) is 2. The van der Waals surface area contributed by atoms with Crippen LogP contribution in [0.2, 0.25) is 5.02 Å². The zero-order valence-corrected chi connectivity index (χ0v) is 17.8. The Morgan fingerprint density at radius 1 is 1.20 bits per heavy atom. The third kappa shape index (κ3) is 4.00. The molecular formula is C23H24ClN3O3. The predicted molar refractivity (Wildman–Crippen MR) is 117 cm³/mol. The number of rotatable bonds is 7. The zero-order chi connectivity index (χ0) is 21.1. The van der Waals surface area contributed by atoms with Crippen molar-refractivity contribution in [3.8, 4) is 17.2 Å². The van der Waals surface area contributed by atoms with E-state index in [4.69, 9.17) is 21.1 Å². The molecule has 7 heteroatoms. The van der Waals surface area contributed by atoms with Crippen molar-refractivity contribution >= 4 is 23.3 Å². The van der Waals surface area contributed by atoms with E-state index in [0.29, 0.717) is 35.4 Å². The third-order valence-electron chi connectivity index (χ3n) is 5.24. The normalized spacial score (nSPS) is 15.4. The summed E-state index contributed by atoms with van der Waals surface area (Å²) in [7, 11) is 1.63. The lowest BCUT2D eigenvalue weighted by atomic mass is 9.87. The van der Waals surface area contributed by atoms with Gasteiger partial charge in [0, 0.05) is 22.9 Å². The lowest BCUT2D eigenvalue weighted by Crippen LogP contribution is -2.24. The summed E-state index contributed by atoms with van der Waals surface area (Å²) in [4.78, 5) is 12.5. The molecule has 1 aliphatic rings. The largest absolute Gasteiger partial charge is 0.493 e. The number of carbonyl (C=O) groups excluding carboxylic acids is 1. The van der Waals surface area contributed by atoms with E-state index in [1.54, 1.807) is 23.9 Å². The van der Waals surface area contributed by atoms with Crippen molar-refractivity contribution in [1.82, 2.24) is 9.78 Å². The van der Waals surface area contributed by atoms with Gasteiger partial charge in [-0.15, -0.1) is 0 Å². The summed E-state index contributed by atoms with van der Waals surface area (Å²) in [5.41, 5.74) is 2.78. The molecule has 4 rings (SSSR count). The molecule has 1 amide bonds. The summed E-state index contributed by atoms with van der Waals surface area (Å²) in [6.45, 7) is 2.77. The number of anilines is 1. The Bertz CT molecular complexity index is 1050. The topological polar surface area (TPSA) is 65.4 Å². The molecule has 1 aromatic heterocycles. The van der Waals surface area contributed by atoms with Gasteiger partial charge in [-0.3, -0.25) is 4.79 Å². The maximum atomic E-state index is 12.5. The molecular weight excluding hydrogens is 402 g/mol. The van der Waals surface area contributed by atoms with Crippen LogP contribution in [0.4, 0.5) is 5.82 Å². The van der Waals surface area contributed by atoms with E-state index in [-0.39, 0.29) is 11.8 Å². The summed E-state index contributed by atoms with van der Waals surface area (Å²) in [6, 6.07) is 13.2. The first-order chi connectivity index (χ1) is 14.6. The third-order valence-corrected chi connectivity index (χ3v) is 5.49. The number of aromatic nitrogens is 2. The van der Waals surface area contributed by atoms with Crippen molar-refractivity contribution in [2.24, 2.45) is 0 Å². The number of unbranched alkanes of at least 4 members (excludes halogenated alkanes) is 1. The number of nitrogens with one attached hydrogen (secondary N) is 1. The van der Waals surface area contributed by atoms with E-state index in [1.807, 2.05) is 36.5 Å². The van der Waals surface area contributed by atoms with Crippen LogP contribution in [-0.4, -0.2) is 29.4 Å². The fourth-order valence-corrected chi connectivity index (χ4v) is 3.77. The average molecular weight is 426 g/mol. The van der Waals surface area contributed by atoms with Crippen molar-refractivity contribution in [2.75, 3.05) is 19.0 Å². The van der Waals surface area contributed by atoms with Gasteiger partial charge in [0.15, 0.2) is 11.5 Å². The molecule has 2 heterocycles. The molecule has 6 nitrogen and oxygen atoms in total. The summed E-state index contributed by atoms with van der Waals surface area (Å²) < 4.78 is 13.1. The summed E-state index contributed by atoms with van der Waals surface area (Å²) >= 11 is 6.00. The number of nitrogens with zero attached hydrogens (tertiary/aromatic N) is 2. The number of carbonyl (C=O) groups is 1. The molecule has 0 saturated carbocycles. The van der Waals surface area contributed by atoms with Crippen LogP contribution in [0.3, 0.4) is 0 Å². The molecule has 0 saturated heterocycles. The Hall–Kier alpha value is -2.99. The van der Waals surface area contributed by atoms with E-state index in [1.165, 1.54) is 0 Å². The van der Waals surface area contributed by atoms with E-state index in [9.17, 15) is 4.79 Å². The molecule has 1 atom stereocenters. The number of amides is 1. The van der Waals surface area contributed by atoms with Crippen LogP contribution in [0.5, 0.6) is 11.5 Å². The molecule has 0 unspecified atom stereocenters. The van der Waals surface area contributed by atoms with Gasteiger partial charge in [0.2, 0.25) is 5.91 Å². The van der Waals surface area contributed by atoms with Gasteiger partial charge in [0.1, 0.15) is 5.82 Å². The minimum Gasteiger partial charge on any atom is -0.493 e. The molecule has 0 aliphatic carbocycles. The summed E-state index contributed by atoms with van der Waals surface area (Å²) in [6.07, 6.45) is 4.21. The second kappa shape index (κ2) is 8.79. The van der Waals surface area contributed by atoms with Gasteiger partial charge in [-0.05, 0) is 48.4 Å². The maximum Gasteiger partial charge on any atom is 0.226 e. The second-order valence-corrected chi connectivity index (χ2v) is 7.69. The Kier molecular flexibility index (Phi) is 5.95. The van der Waals surface area contributed by atoms with E-state index in [2.05, 4.69) is 17.3 Å². The number of hydrogen-bond donors (Lipinski definition) is 1. The standard InChI is InChI=1S/C23H24ClN3O3/c1-3-4-11-30-20-10-5-15(12-21(20)29-2)18-13-22(28)26-23-19(18)14-25-27(23)17-8-6-16(24)7-9-17/h5-10,12,14,18H,3-4,11,13H2,1-2H3,(H,26,28)/t18-/m1/s1. The molecule has 1 N–H and O–H groups in total. The SMILES string of the molecule is CCCCOc1ccc([C@H]2CC(=O)Nc3c2cnn3-c2ccc(Cl)cc2)cc1OC. The zero-order valence-electron chi connectivity index (χ0n) is 17.0. The van der Waals surface area contributed by atoms with Crippen LogP contribution in [0.1, 0.15) is 43.2 Å². The molecule has 0 fully saturated rings. The second-order valence-electron chi connectivity index (χ2n) is 7.25. The average Bonchev–Trinajstić information content (AvgIpc) is 3.17. The molecule has 1 aliphatic heterocycles. The van der Waals surface area contributed by atoms with Crippen LogP contribution < -0.4 is 14.8 Å². The van der Waals surface area contributed by atoms with Gasteiger partial charge >= 0.3 is 0 Å². The quantitative estimate of drug-likeness (QED) is 0.529. The Labute approximate surface area is 180 Å². The van der Waals surface area contributed by atoms with Crippen molar-refractivity contribution in [3.05, 3.63) is 64.8 Å². The highest BCUT2D eigenvalue weighted by molar-refractivity contribution is 6.30. The molecule has 0 bridgehead atoms. The molecule has 0 radical (unpaired) electrons. The highest BCUT2D eigenvalue weighted by atomic mass is 35.5. The lowest BCUT2D eigenvalue weighted by Gasteiger charge is -2.24. The van der Waals surface area contributed by atoms with Gasteiger partial charge < -0.3 is 14.8 Å². The van der Waals surface area contributed by atoms with Crippen molar-refractivity contribution in [2.45, 2.75) is 32.1 Å². The van der Waals surface area contributed by atoms with Crippen LogP contribution in [0.15, 0.2) is 48.7 Å². The first kappa shape index (κ1) is 20.3. The van der Waals surface area contributed by atoms with Crippen molar-refractivity contribution in [1.29, 1.82) is 0 Å². The summed E-state index contributed by atoms with van der Waals surface area (Å²) in [5.74, 6) is 1.90. The van der Waals surface area contributed by atoms with Gasteiger partial charge in [-0.2, -0.15) is 5.10 Å².